The summed E-state index contributed by atoms with van der Waals surface area (Å²) in [5.74, 6) is -2.74. The molecular formula is C7H12F2O2S. The molecule has 0 spiro atoms. The summed E-state index contributed by atoms with van der Waals surface area (Å²) in [6.45, 7) is 3.04. The van der Waals surface area contributed by atoms with Crippen LogP contribution < -0.4 is 0 Å². The van der Waals surface area contributed by atoms with Crippen molar-refractivity contribution in [2.24, 2.45) is 0 Å². The molecule has 0 aromatic carbocycles. The monoisotopic (exact) mass is 198 g/mol. The van der Waals surface area contributed by atoms with Crippen molar-refractivity contribution in [2.45, 2.75) is 43.1 Å². The summed E-state index contributed by atoms with van der Waals surface area (Å²) in [4.78, 5) is 0. The van der Waals surface area contributed by atoms with E-state index in [1.165, 1.54) is 13.8 Å². The van der Waals surface area contributed by atoms with Crippen molar-refractivity contribution >= 4 is 9.84 Å². The molecule has 0 aromatic heterocycles. The fourth-order valence-corrected chi connectivity index (χ4v) is 2.95. The third kappa shape index (κ3) is 1.60. The lowest BCUT2D eigenvalue weighted by molar-refractivity contribution is -0.0686. The molecular weight excluding hydrogens is 186 g/mol. The zero-order valence-electron chi connectivity index (χ0n) is 7.05. The molecule has 1 saturated carbocycles. The largest absolute Gasteiger partial charge is 0.250 e. The Balaban J connectivity index is 2.65. The summed E-state index contributed by atoms with van der Waals surface area (Å²) < 4.78 is 47.2. The molecule has 5 heteroatoms. The van der Waals surface area contributed by atoms with Crippen molar-refractivity contribution < 1.29 is 17.2 Å². The van der Waals surface area contributed by atoms with Gasteiger partial charge in [-0.1, -0.05) is 0 Å². The number of hydrogen-bond donors (Lipinski definition) is 0. The fourth-order valence-electron chi connectivity index (χ4n) is 1.22. The maximum Gasteiger partial charge on any atom is 0.250 e. The normalized spacial score (nSPS) is 24.1. The molecule has 0 aromatic rings. The predicted octanol–water partition coefficient (Wildman–Crippen LogP) is 1.61. The van der Waals surface area contributed by atoms with E-state index in [9.17, 15) is 17.2 Å². The first-order valence-electron chi connectivity index (χ1n) is 3.86. The van der Waals surface area contributed by atoms with Crippen LogP contribution >= 0.6 is 0 Å². The summed E-state index contributed by atoms with van der Waals surface area (Å²) in [6, 6.07) is 0. The van der Waals surface area contributed by atoms with Crippen molar-refractivity contribution in [1.82, 2.24) is 0 Å². The Morgan fingerprint density at radius 1 is 1.33 bits per heavy atom. The highest BCUT2D eigenvalue weighted by atomic mass is 32.2. The molecule has 1 fully saturated rings. The third-order valence-corrected chi connectivity index (χ3v) is 4.75. The Hall–Kier alpha value is -0.190. The topological polar surface area (TPSA) is 34.1 Å². The predicted molar refractivity (Wildman–Crippen MR) is 42.0 cm³/mol. The highest BCUT2D eigenvalue weighted by Gasteiger charge is 2.51. The smallest absolute Gasteiger partial charge is 0.228 e. The van der Waals surface area contributed by atoms with Gasteiger partial charge in [0.05, 0.1) is 10.5 Å². The Morgan fingerprint density at radius 3 is 2.00 bits per heavy atom. The summed E-state index contributed by atoms with van der Waals surface area (Å²) in [5, 5.41) is -1.36. The lowest BCUT2D eigenvalue weighted by atomic mass is 9.94. The molecule has 72 valence electrons. The Bertz CT molecular complexity index is 261. The van der Waals surface area contributed by atoms with E-state index in [1.807, 2.05) is 0 Å². The van der Waals surface area contributed by atoms with Crippen molar-refractivity contribution in [3.63, 3.8) is 0 Å². The lowest BCUT2D eigenvalue weighted by Crippen LogP contribution is -2.46. The molecule has 0 radical (unpaired) electrons. The molecule has 0 bridgehead atoms. The number of sulfone groups is 1. The van der Waals surface area contributed by atoms with E-state index >= 15 is 0 Å². The molecule has 0 N–H and O–H groups in total. The Labute approximate surface area is 70.9 Å². The van der Waals surface area contributed by atoms with Gasteiger partial charge in [-0.15, -0.1) is 0 Å². The number of rotatable bonds is 2. The van der Waals surface area contributed by atoms with E-state index in [2.05, 4.69) is 0 Å². The first-order chi connectivity index (χ1) is 5.26. The minimum atomic E-state index is -3.29. The van der Waals surface area contributed by atoms with Gasteiger partial charge in [0.2, 0.25) is 0 Å². The standard InChI is InChI=1S/C7H12F2O2S/c1-5(2)12(10,11)6-3-7(8,9)4-6/h5-6H,3-4H2,1-2H3. The highest BCUT2D eigenvalue weighted by molar-refractivity contribution is 7.92. The average molecular weight is 198 g/mol. The van der Waals surface area contributed by atoms with Crippen LogP contribution in [0, 0.1) is 0 Å². The molecule has 0 aliphatic heterocycles. The molecule has 12 heavy (non-hydrogen) atoms. The molecule has 1 aliphatic rings. The molecule has 0 amide bonds. The van der Waals surface area contributed by atoms with Crippen LogP contribution in [0.4, 0.5) is 8.78 Å². The fraction of sp³-hybridized carbons (Fsp3) is 1.00. The van der Waals surface area contributed by atoms with Crippen LogP contribution in [-0.4, -0.2) is 24.8 Å². The van der Waals surface area contributed by atoms with Crippen molar-refractivity contribution in [3.05, 3.63) is 0 Å². The van der Waals surface area contributed by atoms with Gasteiger partial charge in [0, 0.05) is 12.8 Å². The van der Waals surface area contributed by atoms with E-state index in [4.69, 9.17) is 0 Å². The van der Waals surface area contributed by atoms with Crippen molar-refractivity contribution in [2.75, 3.05) is 0 Å². The summed E-state index contributed by atoms with van der Waals surface area (Å²) in [6.07, 6.45) is -0.985. The van der Waals surface area contributed by atoms with Gasteiger partial charge in [-0.25, -0.2) is 17.2 Å². The van der Waals surface area contributed by atoms with Crippen LogP contribution in [0.3, 0.4) is 0 Å². The second-order valence-corrected chi connectivity index (χ2v) is 6.31. The molecule has 0 unspecified atom stereocenters. The third-order valence-electron chi connectivity index (χ3n) is 2.17. The van der Waals surface area contributed by atoms with Crippen LogP contribution in [0.25, 0.3) is 0 Å². The molecule has 1 aliphatic carbocycles. The first-order valence-corrected chi connectivity index (χ1v) is 5.47. The SMILES string of the molecule is CC(C)S(=O)(=O)C1CC(F)(F)C1. The lowest BCUT2D eigenvalue weighted by Gasteiger charge is -2.35. The zero-order chi connectivity index (χ0) is 9.57. The first kappa shape index (κ1) is 9.89. The Kier molecular flexibility index (Phi) is 2.19. The van der Waals surface area contributed by atoms with Gasteiger partial charge in [0.15, 0.2) is 9.84 Å². The van der Waals surface area contributed by atoms with Crippen molar-refractivity contribution in [3.8, 4) is 0 Å². The summed E-state index contributed by atoms with van der Waals surface area (Å²) in [5.41, 5.74) is 0. The average Bonchev–Trinajstić information content (AvgIpc) is 1.82. The van der Waals surface area contributed by atoms with Gasteiger partial charge in [-0.3, -0.25) is 0 Å². The molecule has 0 atom stereocenters. The number of halogens is 2. The minimum absolute atomic E-state index is 0.493. The minimum Gasteiger partial charge on any atom is -0.228 e. The van der Waals surface area contributed by atoms with Gasteiger partial charge < -0.3 is 0 Å². The van der Waals surface area contributed by atoms with Crippen LogP contribution in [0.15, 0.2) is 0 Å². The highest BCUT2D eigenvalue weighted by Crippen LogP contribution is 2.42. The van der Waals surface area contributed by atoms with Crippen LogP contribution in [0.1, 0.15) is 26.7 Å². The Morgan fingerprint density at radius 2 is 1.75 bits per heavy atom. The van der Waals surface area contributed by atoms with Crippen LogP contribution in [-0.2, 0) is 9.84 Å². The summed E-state index contributed by atoms with van der Waals surface area (Å²) in [7, 11) is -3.29. The second kappa shape index (κ2) is 2.65. The maximum atomic E-state index is 12.3. The maximum absolute atomic E-state index is 12.3. The van der Waals surface area contributed by atoms with Gasteiger partial charge in [0.1, 0.15) is 0 Å². The zero-order valence-corrected chi connectivity index (χ0v) is 7.87. The molecule has 0 heterocycles. The number of alkyl halides is 2. The van der Waals surface area contributed by atoms with E-state index < -0.39 is 39.1 Å². The quantitative estimate of drug-likeness (QED) is 0.675. The number of hydrogen-bond acceptors (Lipinski definition) is 2. The van der Waals surface area contributed by atoms with Gasteiger partial charge in [-0.2, -0.15) is 0 Å². The summed E-state index contributed by atoms with van der Waals surface area (Å²) >= 11 is 0. The van der Waals surface area contributed by atoms with E-state index in [0.29, 0.717) is 0 Å². The van der Waals surface area contributed by atoms with E-state index in [1.54, 1.807) is 0 Å². The second-order valence-electron chi connectivity index (χ2n) is 3.52. The molecule has 0 saturated heterocycles. The van der Waals surface area contributed by atoms with E-state index in [0.717, 1.165) is 0 Å². The van der Waals surface area contributed by atoms with Gasteiger partial charge in [0.25, 0.3) is 5.92 Å². The van der Waals surface area contributed by atoms with Gasteiger partial charge in [-0.05, 0) is 13.8 Å². The van der Waals surface area contributed by atoms with E-state index in [-0.39, 0.29) is 0 Å². The van der Waals surface area contributed by atoms with Crippen LogP contribution in [0.5, 0.6) is 0 Å². The van der Waals surface area contributed by atoms with Crippen LogP contribution in [0.2, 0.25) is 0 Å². The molecule has 2 nitrogen and oxygen atoms in total. The van der Waals surface area contributed by atoms with Crippen molar-refractivity contribution in [1.29, 1.82) is 0 Å². The van der Waals surface area contributed by atoms with Gasteiger partial charge >= 0.3 is 0 Å². The molecule has 1 rings (SSSR count).